The van der Waals surface area contributed by atoms with Crippen LogP contribution in [-0.4, -0.2) is 23.5 Å². The van der Waals surface area contributed by atoms with E-state index in [4.69, 9.17) is 0 Å². The SMILES string of the molecule is Cc1cc(NC(=O)CN[C@H](C)Cc2ccccc2)c2ccccc2n1. The Morgan fingerprint density at radius 3 is 2.60 bits per heavy atom. The van der Waals surface area contributed by atoms with Crippen LogP contribution in [-0.2, 0) is 11.2 Å². The molecular formula is C21H23N3O. The molecule has 3 aromatic rings. The summed E-state index contributed by atoms with van der Waals surface area (Å²) in [6.07, 6.45) is 0.894. The van der Waals surface area contributed by atoms with Crippen molar-refractivity contribution in [3.05, 3.63) is 71.9 Å². The van der Waals surface area contributed by atoms with Crippen molar-refractivity contribution >= 4 is 22.5 Å². The molecule has 2 N–H and O–H groups in total. The van der Waals surface area contributed by atoms with Crippen molar-refractivity contribution in [3.8, 4) is 0 Å². The summed E-state index contributed by atoms with van der Waals surface area (Å²) in [5.74, 6) is -0.0457. The molecule has 0 spiro atoms. The molecule has 25 heavy (non-hydrogen) atoms. The van der Waals surface area contributed by atoms with Gasteiger partial charge in [0, 0.05) is 17.1 Å². The largest absolute Gasteiger partial charge is 0.324 e. The molecule has 3 rings (SSSR count). The molecule has 128 valence electrons. The minimum atomic E-state index is -0.0457. The van der Waals surface area contributed by atoms with E-state index in [1.165, 1.54) is 5.56 Å². The number of aryl methyl sites for hydroxylation is 1. The van der Waals surface area contributed by atoms with E-state index in [0.717, 1.165) is 28.7 Å². The first-order valence-electron chi connectivity index (χ1n) is 8.55. The number of benzene rings is 2. The molecule has 0 radical (unpaired) electrons. The van der Waals surface area contributed by atoms with Gasteiger partial charge in [0.25, 0.3) is 0 Å². The van der Waals surface area contributed by atoms with Crippen LogP contribution in [0, 0.1) is 6.92 Å². The van der Waals surface area contributed by atoms with E-state index in [1.54, 1.807) is 0 Å². The molecular weight excluding hydrogens is 310 g/mol. The number of amides is 1. The van der Waals surface area contributed by atoms with E-state index in [0.29, 0.717) is 0 Å². The Morgan fingerprint density at radius 1 is 1.08 bits per heavy atom. The van der Waals surface area contributed by atoms with Gasteiger partial charge in [-0.2, -0.15) is 0 Å². The van der Waals surface area contributed by atoms with Gasteiger partial charge < -0.3 is 10.6 Å². The standard InChI is InChI=1S/C21H23N3O/c1-15(12-17-8-4-3-5-9-17)22-14-21(25)24-20-13-16(2)23-19-11-7-6-10-18(19)20/h3-11,13,15,22H,12,14H2,1-2H3,(H,23,24,25)/t15-/m1/s1. The van der Waals surface area contributed by atoms with Gasteiger partial charge in [-0.25, -0.2) is 0 Å². The number of carbonyl (C=O) groups excluding carboxylic acids is 1. The van der Waals surface area contributed by atoms with E-state index in [9.17, 15) is 4.79 Å². The van der Waals surface area contributed by atoms with Crippen LogP contribution in [0.25, 0.3) is 10.9 Å². The quantitative estimate of drug-likeness (QED) is 0.723. The third kappa shape index (κ3) is 4.64. The lowest BCUT2D eigenvalue weighted by Crippen LogP contribution is -2.35. The Hall–Kier alpha value is -2.72. The predicted molar refractivity (Wildman–Crippen MR) is 103 cm³/mol. The number of anilines is 1. The highest BCUT2D eigenvalue weighted by Gasteiger charge is 2.09. The zero-order valence-corrected chi connectivity index (χ0v) is 14.6. The molecule has 0 bridgehead atoms. The van der Waals surface area contributed by atoms with E-state index >= 15 is 0 Å². The number of nitrogens with zero attached hydrogens (tertiary/aromatic N) is 1. The number of aromatic nitrogens is 1. The summed E-state index contributed by atoms with van der Waals surface area (Å²) in [5.41, 5.74) is 3.85. The minimum Gasteiger partial charge on any atom is -0.324 e. The monoisotopic (exact) mass is 333 g/mol. The summed E-state index contributed by atoms with van der Waals surface area (Å²) in [7, 11) is 0. The molecule has 0 fully saturated rings. The average Bonchev–Trinajstić information content (AvgIpc) is 2.61. The highest BCUT2D eigenvalue weighted by molar-refractivity contribution is 6.01. The van der Waals surface area contributed by atoms with Crippen molar-refractivity contribution in [2.24, 2.45) is 0 Å². The molecule has 0 saturated carbocycles. The van der Waals surface area contributed by atoms with E-state index in [1.807, 2.05) is 55.5 Å². The second kappa shape index (κ2) is 7.90. The first-order chi connectivity index (χ1) is 12.1. The number of hydrogen-bond donors (Lipinski definition) is 2. The maximum atomic E-state index is 12.3. The fourth-order valence-corrected chi connectivity index (χ4v) is 2.91. The van der Waals surface area contributed by atoms with Crippen molar-refractivity contribution in [2.75, 3.05) is 11.9 Å². The number of fused-ring (bicyclic) bond motifs is 1. The molecule has 4 heteroatoms. The van der Waals surface area contributed by atoms with Gasteiger partial charge in [0.05, 0.1) is 17.7 Å². The number of nitrogens with one attached hydrogen (secondary N) is 2. The van der Waals surface area contributed by atoms with Crippen molar-refractivity contribution in [3.63, 3.8) is 0 Å². The Kier molecular flexibility index (Phi) is 5.41. The summed E-state index contributed by atoms with van der Waals surface area (Å²) in [6.45, 7) is 4.30. The normalized spacial score (nSPS) is 12.1. The third-order valence-corrected chi connectivity index (χ3v) is 4.11. The summed E-state index contributed by atoms with van der Waals surface area (Å²) < 4.78 is 0. The number of pyridine rings is 1. The molecule has 1 aromatic heterocycles. The topological polar surface area (TPSA) is 54.0 Å². The van der Waals surface area contributed by atoms with Crippen LogP contribution in [0.4, 0.5) is 5.69 Å². The van der Waals surface area contributed by atoms with Crippen LogP contribution >= 0.6 is 0 Å². The van der Waals surface area contributed by atoms with Gasteiger partial charge in [-0.3, -0.25) is 9.78 Å². The predicted octanol–water partition coefficient (Wildman–Crippen LogP) is 3.70. The van der Waals surface area contributed by atoms with Crippen molar-refractivity contribution in [1.29, 1.82) is 0 Å². The van der Waals surface area contributed by atoms with Crippen molar-refractivity contribution in [1.82, 2.24) is 10.3 Å². The lowest BCUT2D eigenvalue weighted by molar-refractivity contribution is -0.115. The second-order valence-corrected chi connectivity index (χ2v) is 6.35. The average molecular weight is 333 g/mol. The maximum absolute atomic E-state index is 12.3. The molecule has 0 saturated heterocycles. The van der Waals surface area contributed by atoms with Crippen LogP contribution in [0.3, 0.4) is 0 Å². The molecule has 0 aliphatic rings. The molecule has 1 atom stereocenters. The first kappa shape index (κ1) is 17.1. The van der Waals surface area contributed by atoms with Crippen LogP contribution < -0.4 is 10.6 Å². The maximum Gasteiger partial charge on any atom is 0.238 e. The van der Waals surface area contributed by atoms with Crippen LogP contribution in [0.2, 0.25) is 0 Å². The Balaban J connectivity index is 1.59. The fourth-order valence-electron chi connectivity index (χ4n) is 2.91. The number of rotatable bonds is 6. The van der Waals surface area contributed by atoms with Crippen molar-refractivity contribution in [2.45, 2.75) is 26.3 Å². The Bertz CT molecular complexity index is 861. The number of carbonyl (C=O) groups is 1. The summed E-state index contributed by atoms with van der Waals surface area (Å²) in [5, 5.41) is 7.25. The lowest BCUT2D eigenvalue weighted by Gasteiger charge is -2.14. The number of para-hydroxylation sites is 1. The molecule has 0 unspecified atom stereocenters. The first-order valence-corrected chi connectivity index (χ1v) is 8.55. The highest BCUT2D eigenvalue weighted by Crippen LogP contribution is 2.22. The molecule has 1 amide bonds. The van der Waals surface area contributed by atoms with Crippen molar-refractivity contribution < 1.29 is 4.79 Å². The van der Waals surface area contributed by atoms with Gasteiger partial charge >= 0.3 is 0 Å². The van der Waals surface area contributed by atoms with Gasteiger partial charge in [0.2, 0.25) is 5.91 Å². The highest BCUT2D eigenvalue weighted by atomic mass is 16.1. The zero-order valence-electron chi connectivity index (χ0n) is 14.6. The molecule has 2 aromatic carbocycles. The fraction of sp³-hybridized carbons (Fsp3) is 0.238. The smallest absolute Gasteiger partial charge is 0.238 e. The lowest BCUT2D eigenvalue weighted by atomic mass is 10.1. The minimum absolute atomic E-state index is 0.0457. The summed E-state index contributed by atoms with van der Waals surface area (Å²) in [4.78, 5) is 16.8. The van der Waals surface area contributed by atoms with Gasteiger partial charge in [-0.1, -0.05) is 48.5 Å². The third-order valence-electron chi connectivity index (χ3n) is 4.11. The molecule has 0 aliphatic carbocycles. The Morgan fingerprint density at radius 2 is 1.80 bits per heavy atom. The van der Waals surface area contributed by atoms with Crippen LogP contribution in [0.15, 0.2) is 60.7 Å². The van der Waals surface area contributed by atoms with Gasteiger partial charge in [0.15, 0.2) is 0 Å². The van der Waals surface area contributed by atoms with E-state index in [2.05, 4.69) is 34.7 Å². The van der Waals surface area contributed by atoms with Gasteiger partial charge in [-0.05, 0) is 38.0 Å². The number of hydrogen-bond acceptors (Lipinski definition) is 3. The summed E-state index contributed by atoms with van der Waals surface area (Å²) in [6, 6.07) is 20.3. The van der Waals surface area contributed by atoms with E-state index in [-0.39, 0.29) is 18.5 Å². The van der Waals surface area contributed by atoms with Crippen LogP contribution in [0.5, 0.6) is 0 Å². The zero-order chi connectivity index (χ0) is 17.6. The second-order valence-electron chi connectivity index (χ2n) is 6.35. The molecule has 1 heterocycles. The van der Waals surface area contributed by atoms with Crippen LogP contribution in [0.1, 0.15) is 18.2 Å². The summed E-state index contributed by atoms with van der Waals surface area (Å²) >= 11 is 0. The van der Waals surface area contributed by atoms with E-state index < -0.39 is 0 Å². The Labute approximate surface area is 148 Å². The molecule has 4 nitrogen and oxygen atoms in total. The van der Waals surface area contributed by atoms with Gasteiger partial charge in [-0.15, -0.1) is 0 Å². The van der Waals surface area contributed by atoms with Gasteiger partial charge in [0.1, 0.15) is 0 Å². The molecule has 0 aliphatic heterocycles.